The third kappa shape index (κ3) is 3.35. The van der Waals surface area contributed by atoms with Crippen LogP contribution in [0.1, 0.15) is 52.5 Å². The predicted octanol–water partition coefficient (Wildman–Crippen LogP) is 3.07. The first kappa shape index (κ1) is 18.9. The fourth-order valence-corrected chi connectivity index (χ4v) is 3.62. The first-order chi connectivity index (χ1) is 11.2. The van der Waals surface area contributed by atoms with Gasteiger partial charge in [-0.1, -0.05) is 58.0 Å². The van der Waals surface area contributed by atoms with Crippen LogP contribution in [-0.4, -0.2) is 30.7 Å². The largest absolute Gasteiger partial charge is 0.378 e. The lowest BCUT2D eigenvalue weighted by atomic mass is 9.54. The Morgan fingerprint density at radius 1 is 1.33 bits per heavy atom. The maximum Gasteiger partial charge on any atom is 0.240 e. The van der Waals surface area contributed by atoms with Crippen LogP contribution in [0.2, 0.25) is 0 Å². The van der Waals surface area contributed by atoms with Gasteiger partial charge in [-0.3, -0.25) is 4.79 Å². The zero-order valence-corrected chi connectivity index (χ0v) is 15.6. The van der Waals surface area contributed by atoms with Crippen molar-refractivity contribution in [1.82, 2.24) is 5.32 Å². The summed E-state index contributed by atoms with van der Waals surface area (Å²) in [7, 11) is 0. The van der Waals surface area contributed by atoms with E-state index in [2.05, 4.69) is 31.3 Å². The van der Waals surface area contributed by atoms with E-state index in [4.69, 9.17) is 10.5 Å². The summed E-state index contributed by atoms with van der Waals surface area (Å²) in [5.74, 6) is 0.654. The Morgan fingerprint density at radius 2 is 1.96 bits per heavy atom. The van der Waals surface area contributed by atoms with E-state index in [1.54, 1.807) is 0 Å². The van der Waals surface area contributed by atoms with Gasteiger partial charge in [-0.2, -0.15) is 0 Å². The summed E-state index contributed by atoms with van der Waals surface area (Å²) in [6, 6.07) is 10.3. The quantitative estimate of drug-likeness (QED) is 0.806. The Morgan fingerprint density at radius 3 is 2.46 bits per heavy atom. The molecule has 0 radical (unpaired) electrons. The van der Waals surface area contributed by atoms with Crippen LogP contribution < -0.4 is 11.1 Å². The van der Waals surface area contributed by atoms with Crippen molar-refractivity contribution in [2.75, 3.05) is 13.2 Å². The van der Waals surface area contributed by atoms with Gasteiger partial charge in [0.25, 0.3) is 0 Å². The zero-order valence-electron chi connectivity index (χ0n) is 15.6. The number of amides is 1. The van der Waals surface area contributed by atoms with E-state index in [1.165, 1.54) is 5.56 Å². The van der Waals surface area contributed by atoms with E-state index in [9.17, 15) is 4.79 Å². The first-order valence-corrected chi connectivity index (χ1v) is 8.97. The minimum Gasteiger partial charge on any atom is -0.378 e. The van der Waals surface area contributed by atoms with Crippen LogP contribution >= 0.6 is 0 Å². The average Bonchev–Trinajstić information content (AvgIpc) is 2.55. The van der Waals surface area contributed by atoms with Gasteiger partial charge in [0.15, 0.2) is 0 Å². The minimum atomic E-state index is -0.856. The second kappa shape index (κ2) is 7.24. The molecule has 0 aromatic heterocycles. The van der Waals surface area contributed by atoms with Crippen LogP contribution in [-0.2, 0) is 9.53 Å². The second-order valence-corrected chi connectivity index (χ2v) is 7.81. The van der Waals surface area contributed by atoms with Crippen molar-refractivity contribution in [2.24, 2.45) is 17.1 Å². The molecule has 1 aliphatic carbocycles. The molecule has 134 valence electrons. The third-order valence-electron chi connectivity index (χ3n) is 5.75. The summed E-state index contributed by atoms with van der Waals surface area (Å²) >= 11 is 0. The summed E-state index contributed by atoms with van der Waals surface area (Å²) in [6.45, 7) is 11.6. The molecule has 24 heavy (non-hydrogen) atoms. The second-order valence-electron chi connectivity index (χ2n) is 7.81. The predicted molar refractivity (Wildman–Crippen MR) is 97.8 cm³/mol. The summed E-state index contributed by atoms with van der Waals surface area (Å²) in [5, 5.41) is 3.10. The van der Waals surface area contributed by atoms with Gasteiger partial charge in [-0.05, 0) is 18.4 Å². The molecular weight excluding hydrogens is 300 g/mol. The van der Waals surface area contributed by atoms with Crippen molar-refractivity contribution in [3.63, 3.8) is 0 Å². The normalized spacial score (nSPS) is 26.7. The Labute approximate surface area is 146 Å². The number of carbonyl (C=O) groups is 1. The first-order valence-electron chi connectivity index (χ1n) is 8.97. The van der Waals surface area contributed by atoms with Crippen LogP contribution in [0, 0.1) is 11.3 Å². The van der Waals surface area contributed by atoms with E-state index < -0.39 is 5.54 Å². The number of carbonyl (C=O) groups excluding carboxylic acids is 1. The average molecular weight is 332 g/mol. The van der Waals surface area contributed by atoms with E-state index in [1.807, 2.05) is 39.0 Å². The highest BCUT2D eigenvalue weighted by molar-refractivity contribution is 5.88. The molecule has 0 heterocycles. The van der Waals surface area contributed by atoms with Gasteiger partial charge in [0.2, 0.25) is 5.91 Å². The molecule has 0 saturated heterocycles. The van der Waals surface area contributed by atoms with Gasteiger partial charge in [0.1, 0.15) is 5.54 Å². The van der Waals surface area contributed by atoms with E-state index >= 15 is 0 Å². The highest BCUT2D eigenvalue weighted by atomic mass is 16.5. The van der Waals surface area contributed by atoms with Gasteiger partial charge in [0.05, 0.1) is 6.10 Å². The Hall–Kier alpha value is -1.39. The SMILES string of the molecule is CCOC1CC(N)(C(=O)NCC(c2ccccc2)C(C)C)C1(C)C. The standard InChI is InChI=1S/C20H32N2O2/c1-6-24-17-12-20(21,19(17,4)5)18(23)22-13-16(14(2)3)15-10-8-7-9-11-15/h7-11,14,16-17H,6,12-13,21H2,1-5H3,(H,22,23). The molecule has 0 aliphatic heterocycles. The highest BCUT2D eigenvalue weighted by Crippen LogP contribution is 2.49. The maximum atomic E-state index is 12.8. The summed E-state index contributed by atoms with van der Waals surface area (Å²) in [5.41, 5.74) is 6.49. The van der Waals surface area contributed by atoms with Gasteiger partial charge in [0, 0.05) is 30.9 Å². The third-order valence-corrected chi connectivity index (χ3v) is 5.75. The molecule has 0 bridgehead atoms. The molecule has 1 saturated carbocycles. The molecule has 1 aromatic rings. The van der Waals surface area contributed by atoms with E-state index in [0.717, 1.165) is 0 Å². The monoisotopic (exact) mass is 332 g/mol. The Bertz CT molecular complexity index is 556. The molecule has 1 amide bonds. The number of ether oxygens (including phenoxy) is 1. The van der Waals surface area contributed by atoms with Crippen molar-refractivity contribution < 1.29 is 9.53 Å². The molecule has 1 aliphatic rings. The van der Waals surface area contributed by atoms with Gasteiger partial charge in [-0.25, -0.2) is 0 Å². The van der Waals surface area contributed by atoms with Crippen LogP contribution in [0.25, 0.3) is 0 Å². The van der Waals surface area contributed by atoms with Crippen LogP contribution in [0.15, 0.2) is 30.3 Å². The smallest absolute Gasteiger partial charge is 0.240 e. The topological polar surface area (TPSA) is 64.3 Å². The number of rotatable bonds is 7. The van der Waals surface area contributed by atoms with Crippen LogP contribution in [0.3, 0.4) is 0 Å². The lowest BCUT2D eigenvalue weighted by molar-refractivity contribution is -0.170. The zero-order chi connectivity index (χ0) is 18.0. The Kier molecular flexibility index (Phi) is 5.71. The van der Waals surface area contributed by atoms with Gasteiger partial charge >= 0.3 is 0 Å². The molecule has 3 unspecified atom stereocenters. The number of hydrogen-bond donors (Lipinski definition) is 2. The lowest BCUT2D eigenvalue weighted by Crippen LogP contribution is -2.75. The maximum absolute atomic E-state index is 12.8. The van der Waals surface area contributed by atoms with Crippen LogP contribution in [0.4, 0.5) is 0 Å². The fraction of sp³-hybridized carbons (Fsp3) is 0.650. The van der Waals surface area contributed by atoms with Crippen LogP contribution in [0.5, 0.6) is 0 Å². The molecule has 1 fully saturated rings. The van der Waals surface area contributed by atoms with Crippen molar-refractivity contribution in [3.05, 3.63) is 35.9 Å². The molecule has 4 nitrogen and oxygen atoms in total. The number of nitrogens with two attached hydrogens (primary N) is 1. The van der Waals surface area contributed by atoms with E-state index in [0.29, 0.717) is 25.5 Å². The summed E-state index contributed by atoms with van der Waals surface area (Å²) in [4.78, 5) is 12.8. The Balaban J connectivity index is 2.02. The highest BCUT2D eigenvalue weighted by Gasteiger charge is 2.62. The number of hydrogen-bond acceptors (Lipinski definition) is 3. The molecule has 2 rings (SSSR count). The van der Waals surface area contributed by atoms with E-state index in [-0.39, 0.29) is 23.3 Å². The lowest BCUT2D eigenvalue weighted by Gasteiger charge is -2.57. The molecule has 3 N–H and O–H groups in total. The molecule has 1 aromatic carbocycles. The minimum absolute atomic E-state index is 0.0493. The molecule has 3 atom stereocenters. The number of benzene rings is 1. The fourth-order valence-electron chi connectivity index (χ4n) is 3.62. The van der Waals surface area contributed by atoms with Crippen molar-refractivity contribution in [3.8, 4) is 0 Å². The summed E-state index contributed by atoms with van der Waals surface area (Å²) in [6.07, 6.45) is 0.630. The van der Waals surface area contributed by atoms with Crippen molar-refractivity contribution in [1.29, 1.82) is 0 Å². The molecule has 0 spiro atoms. The summed E-state index contributed by atoms with van der Waals surface area (Å²) < 4.78 is 5.71. The van der Waals surface area contributed by atoms with Gasteiger partial charge < -0.3 is 15.8 Å². The molecule has 4 heteroatoms. The van der Waals surface area contributed by atoms with Crippen molar-refractivity contribution in [2.45, 2.75) is 58.6 Å². The van der Waals surface area contributed by atoms with Gasteiger partial charge in [-0.15, -0.1) is 0 Å². The number of nitrogens with one attached hydrogen (secondary N) is 1. The molecular formula is C20H32N2O2. The van der Waals surface area contributed by atoms with Crippen molar-refractivity contribution >= 4 is 5.91 Å².